The van der Waals surface area contributed by atoms with Crippen molar-refractivity contribution in [3.05, 3.63) is 76.7 Å². The molecule has 1 N–H and O–H groups in total. The molecule has 3 amide bonds. The summed E-state index contributed by atoms with van der Waals surface area (Å²) in [5, 5.41) is 7.23. The molecule has 2 aliphatic rings. The molecule has 0 aliphatic carbocycles. The third-order valence-corrected chi connectivity index (χ3v) is 7.66. The number of piperidine rings is 1. The molecule has 0 spiro atoms. The second-order valence-electron chi connectivity index (χ2n) is 10.5. The van der Waals surface area contributed by atoms with Gasteiger partial charge in [0.1, 0.15) is 5.82 Å². The largest absolute Gasteiger partial charge is 0.416 e. The SMILES string of the molecule is CC(=O)NCCn1cc2c(n1)N(Cc1ccccc1C(F)(F)F)C(=O)N(C1CCN(c3c(C)cccc3F)CC1)C2. The van der Waals surface area contributed by atoms with E-state index in [2.05, 4.69) is 10.4 Å². The Bertz CT molecular complexity index is 1410. The van der Waals surface area contributed by atoms with Gasteiger partial charge in [0.15, 0.2) is 5.82 Å². The first-order chi connectivity index (χ1) is 19.5. The summed E-state index contributed by atoms with van der Waals surface area (Å²) in [5.41, 5.74) is 1.28. The third-order valence-electron chi connectivity index (χ3n) is 7.66. The van der Waals surface area contributed by atoms with Gasteiger partial charge in [-0.3, -0.25) is 14.4 Å². The van der Waals surface area contributed by atoms with E-state index in [1.807, 2.05) is 17.9 Å². The number of halogens is 4. The number of hydrogen-bond acceptors (Lipinski definition) is 4. The van der Waals surface area contributed by atoms with Crippen LogP contribution in [0, 0.1) is 12.7 Å². The highest BCUT2D eigenvalue weighted by molar-refractivity contribution is 5.94. The van der Waals surface area contributed by atoms with E-state index in [0.717, 1.165) is 11.6 Å². The first-order valence-electron chi connectivity index (χ1n) is 13.6. The maximum Gasteiger partial charge on any atom is 0.416 e. The van der Waals surface area contributed by atoms with Gasteiger partial charge in [-0.05, 0) is 43.0 Å². The van der Waals surface area contributed by atoms with Crippen molar-refractivity contribution in [3.8, 4) is 0 Å². The summed E-state index contributed by atoms with van der Waals surface area (Å²) in [6.45, 7) is 4.96. The number of nitrogens with one attached hydrogen (secondary N) is 1. The number of rotatable bonds is 7. The van der Waals surface area contributed by atoms with Gasteiger partial charge in [0.05, 0.1) is 30.9 Å². The molecule has 0 saturated carbocycles. The molecular formula is C29H32F4N6O2. The molecule has 8 nitrogen and oxygen atoms in total. The zero-order valence-electron chi connectivity index (χ0n) is 22.9. The van der Waals surface area contributed by atoms with Gasteiger partial charge >= 0.3 is 12.2 Å². The van der Waals surface area contributed by atoms with E-state index in [-0.39, 0.29) is 36.4 Å². The fraction of sp³-hybridized carbons (Fsp3) is 0.414. The van der Waals surface area contributed by atoms with Crippen LogP contribution in [0.2, 0.25) is 0 Å². The number of alkyl halides is 3. The summed E-state index contributed by atoms with van der Waals surface area (Å²) in [5.74, 6) is -0.167. The van der Waals surface area contributed by atoms with Crippen LogP contribution in [-0.2, 0) is 30.6 Å². The number of anilines is 2. The van der Waals surface area contributed by atoms with Gasteiger partial charge in [0.25, 0.3) is 0 Å². The van der Waals surface area contributed by atoms with E-state index in [1.165, 1.54) is 36.1 Å². The fourth-order valence-electron chi connectivity index (χ4n) is 5.71. The average molecular weight is 573 g/mol. The highest BCUT2D eigenvalue weighted by Gasteiger charge is 2.40. The number of benzene rings is 2. The van der Waals surface area contributed by atoms with Gasteiger partial charge in [0.2, 0.25) is 5.91 Å². The van der Waals surface area contributed by atoms with Gasteiger partial charge in [-0.15, -0.1) is 0 Å². The first kappa shape index (κ1) is 28.4. The minimum Gasteiger partial charge on any atom is -0.369 e. The van der Waals surface area contributed by atoms with Crippen LogP contribution in [0.1, 0.15) is 42.0 Å². The Balaban J connectivity index is 1.41. The standard InChI is InChI=1S/C29H32F4N6O2/c1-19-6-5-9-25(30)26(19)36-13-10-23(11-14-36)38-18-22-16-37(15-12-34-20(2)40)35-27(22)39(28(38)41)17-21-7-3-4-8-24(21)29(31,32)33/h3-9,16,23H,10-15,17-18H2,1-2H3,(H,34,40). The molecule has 2 aliphatic heterocycles. The molecule has 1 aromatic heterocycles. The molecule has 5 rings (SSSR count). The van der Waals surface area contributed by atoms with Gasteiger partial charge in [-0.2, -0.15) is 18.3 Å². The maximum atomic E-state index is 14.6. The van der Waals surface area contributed by atoms with Crippen LogP contribution in [0.4, 0.5) is 33.9 Å². The second-order valence-corrected chi connectivity index (χ2v) is 10.5. The summed E-state index contributed by atoms with van der Waals surface area (Å²) >= 11 is 0. The molecule has 1 fully saturated rings. The van der Waals surface area contributed by atoms with Crippen LogP contribution in [0.5, 0.6) is 0 Å². The number of hydrogen-bond donors (Lipinski definition) is 1. The van der Waals surface area contributed by atoms with E-state index in [1.54, 1.807) is 21.8 Å². The van der Waals surface area contributed by atoms with Gasteiger partial charge < -0.3 is 15.1 Å². The lowest BCUT2D eigenvalue weighted by Crippen LogP contribution is -2.54. The summed E-state index contributed by atoms with van der Waals surface area (Å²) < 4.78 is 57.6. The van der Waals surface area contributed by atoms with Crippen LogP contribution in [0.3, 0.4) is 0 Å². The van der Waals surface area contributed by atoms with Crippen molar-refractivity contribution in [2.45, 2.75) is 58.5 Å². The molecule has 0 atom stereocenters. The van der Waals surface area contributed by atoms with Crippen LogP contribution >= 0.6 is 0 Å². The quantitative estimate of drug-likeness (QED) is 0.400. The molecule has 12 heteroatoms. The second kappa shape index (κ2) is 11.4. The smallest absolute Gasteiger partial charge is 0.369 e. The predicted octanol–water partition coefficient (Wildman–Crippen LogP) is 5.10. The molecule has 0 bridgehead atoms. The van der Waals surface area contributed by atoms with Gasteiger partial charge in [-0.1, -0.05) is 30.3 Å². The van der Waals surface area contributed by atoms with Gasteiger partial charge in [-0.25, -0.2) is 9.18 Å². The summed E-state index contributed by atoms with van der Waals surface area (Å²) in [6.07, 6.45) is -1.64. The zero-order valence-corrected chi connectivity index (χ0v) is 22.9. The monoisotopic (exact) mass is 572 g/mol. The minimum absolute atomic E-state index is 0.0289. The Hall–Kier alpha value is -4.09. The lowest BCUT2D eigenvalue weighted by molar-refractivity contribution is -0.138. The molecule has 218 valence electrons. The molecule has 2 aromatic carbocycles. The Kier molecular flexibility index (Phi) is 7.92. The van der Waals surface area contributed by atoms with E-state index < -0.39 is 17.8 Å². The molecule has 3 heterocycles. The highest BCUT2D eigenvalue weighted by atomic mass is 19.4. The Morgan fingerprint density at radius 2 is 1.83 bits per heavy atom. The Morgan fingerprint density at radius 1 is 1.10 bits per heavy atom. The predicted molar refractivity (Wildman–Crippen MR) is 146 cm³/mol. The lowest BCUT2D eigenvalue weighted by atomic mass is 10.00. The number of carbonyl (C=O) groups excluding carboxylic acids is 2. The van der Waals surface area contributed by atoms with E-state index in [4.69, 9.17) is 0 Å². The third kappa shape index (κ3) is 6.01. The van der Waals surface area contributed by atoms with Crippen LogP contribution < -0.4 is 15.1 Å². The maximum absolute atomic E-state index is 14.6. The van der Waals surface area contributed by atoms with Crippen molar-refractivity contribution in [1.29, 1.82) is 0 Å². The number of fused-ring (bicyclic) bond motifs is 1. The van der Waals surface area contributed by atoms with Gasteiger partial charge in [0, 0.05) is 44.4 Å². The fourth-order valence-corrected chi connectivity index (χ4v) is 5.71. The number of aromatic nitrogens is 2. The van der Waals surface area contributed by atoms with Crippen molar-refractivity contribution in [3.63, 3.8) is 0 Å². The van der Waals surface area contributed by atoms with Crippen LogP contribution in [-0.4, -0.2) is 52.3 Å². The first-order valence-corrected chi connectivity index (χ1v) is 13.6. The molecule has 1 saturated heterocycles. The van der Waals surface area contributed by atoms with E-state index >= 15 is 0 Å². The van der Waals surface area contributed by atoms with Crippen LogP contribution in [0.25, 0.3) is 0 Å². The molecule has 0 radical (unpaired) electrons. The van der Waals surface area contributed by atoms with Crippen molar-refractivity contribution >= 4 is 23.4 Å². The number of aryl methyl sites for hydroxylation is 1. The summed E-state index contributed by atoms with van der Waals surface area (Å²) in [7, 11) is 0. The zero-order chi connectivity index (χ0) is 29.3. The lowest BCUT2D eigenvalue weighted by Gasteiger charge is -2.43. The normalized spacial score (nSPS) is 16.2. The molecule has 41 heavy (non-hydrogen) atoms. The Morgan fingerprint density at radius 3 is 2.51 bits per heavy atom. The number of carbonyl (C=O) groups is 2. The number of para-hydroxylation sites is 1. The van der Waals surface area contributed by atoms with Crippen molar-refractivity contribution in [2.75, 3.05) is 29.4 Å². The molecule has 3 aromatic rings. The van der Waals surface area contributed by atoms with E-state index in [0.29, 0.717) is 56.1 Å². The summed E-state index contributed by atoms with van der Waals surface area (Å²) in [6, 6.07) is 9.60. The van der Waals surface area contributed by atoms with Crippen molar-refractivity contribution in [2.24, 2.45) is 0 Å². The summed E-state index contributed by atoms with van der Waals surface area (Å²) in [4.78, 5) is 30.2. The highest BCUT2D eigenvalue weighted by Crippen LogP contribution is 2.37. The topological polar surface area (TPSA) is 73.7 Å². The number of amides is 3. The molecule has 0 unspecified atom stereocenters. The minimum atomic E-state index is -4.58. The number of nitrogens with zero attached hydrogens (tertiary/aromatic N) is 5. The average Bonchev–Trinajstić information content (AvgIpc) is 3.32. The van der Waals surface area contributed by atoms with Crippen molar-refractivity contribution in [1.82, 2.24) is 20.0 Å². The Labute approximate surface area is 235 Å². The van der Waals surface area contributed by atoms with Crippen LogP contribution in [0.15, 0.2) is 48.7 Å². The number of urea groups is 1. The van der Waals surface area contributed by atoms with Crippen molar-refractivity contribution < 1.29 is 27.2 Å². The molecular weight excluding hydrogens is 540 g/mol. The van der Waals surface area contributed by atoms with E-state index in [9.17, 15) is 27.2 Å².